The predicted octanol–water partition coefficient (Wildman–Crippen LogP) is 3.12. The molecule has 0 radical (unpaired) electrons. The molecule has 2 aliphatic carbocycles. The quantitative estimate of drug-likeness (QED) is 0.711. The van der Waals surface area contributed by atoms with Crippen LogP contribution in [0.5, 0.6) is 0 Å². The van der Waals surface area contributed by atoms with Crippen LogP contribution < -0.4 is 0 Å². The number of hydrogen-bond acceptors (Lipinski definition) is 1. The van der Waals surface area contributed by atoms with Crippen LogP contribution in [0.15, 0.2) is 0 Å². The highest BCUT2D eigenvalue weighted by Gasteiger charge is 2.26. The van der Waals surface area contributed by atoms with Crippen LogP contribution in [0, 0.1) is 11.8 Å². The van der Waals surface area contributed by atoms with E-state index >= 15 is 0 Å². The number of rotatable bonds is 3. The Balaban J connectivity index is 1.73. The highest BCUT2D eigenvalue weighted by molar-refractivity contribution is 4.78. The van der Waals surface area contributed by atoms with Crippen LogP contribution in [0.3, 0.4) is 0 Å². The third-order valence-electron chi connectivity index (χ3n) is 3.99. The van der Waals surface area contributed by atoms with Crippen LogP contribution >= 0.6 is 0 Å². The molecule has 76 valence electrons. The Morgan fingerprint density at radius 3 is 2.08 bits per heavy atom. The molecule has 1 heteroatoms. The molecule has 0 aliphatic heterocycles. The lowest BCUT2D eigenvalue weighted by Crippen LogP contribution is -2.20. The van der Waals surface area contributed by atoms with E-state index in [0.717, 1.165) is 12.3 Å². The lowest BCUT2D eigenvalue weighted by atomic mass is 9.91. The zero-order valence-electron chi connectivity index (χ0n) is 8.54. The molecule has 2 fully saturated rings. The van der Waals surface area contributed by atoms with E-state index in [2.05, 4.69) is 0 Å². The molecule has 2 saturated carbocycles. The fourth-order valence-corrected chi connectivity index (χ4v) is 3.12. The van der Waals surface area contributed by atoms with Crippen LogP contribution in [-0.4, -0.2) is 11.2 Å². The van der Waals surface area contributed by atoms with E-state index in [-0.39, 0.29) is 6.10 Å². The topological polar surface area (TPSA) is 20.2 Å². The monoisotopic (exact) mass is 182 g/mol. The summed E-state index contributed by atoms with van der Waals surface area (Å²) in [6, 6.07) is 0. The molecule has 2 aliphatic rings. The first-order valence-corrected chi connectivity index (χ1v) is 6.04. The van der Waals surface area contributed by atoms with Crippen molar-refractivity contribution < 1.29 is 5.11 Å². The Hall–Kier alpha value is -0.0400. The fourth-order valence-electron chi connectivity index (χ4n) is 3.12. The Morgan fingerprint density at radius 2 is 1.46 bits per heavy atom. The third kappa shape index (κ3) is 2.46. The van der Waals surface area contributed by atoms with Gasteiger partial charge in [0.2, 0.25) is 0 Å². The van der Waals surface area contributed by atoms with Gasteiger partial charge in [0.15, 0.2) is 0 Å². The molecule has 0 saturated heterocycles. The van der Waals surface area contributed by atoms with Crippen LogP contribution in [-0.2, 0) is 0 Å². The summed E-state index contributed by atoms with van der Waals surface area (Å²) < 4.78 is 0. The van der Waals surface area contributed by atoms with E-state index in [4.69, 9.17) is 0 Å². The van der Waals surface area contributed by atoms with Crippen molar-refractivity contribution in [1.29, 1.82) is 0 Å². The van der Waals surface area contributed by atoms with Gasteiger partial charge in [0.1, 0.15) is 0 Å². The van der Waals surface area contributed by atoms with Crippen LogP contribution in [0.25, 0.3) is 0 Å². The minimum absolute atomic E-state index is 0.0330. The summed E-state index contributed by atoms with van der Waals surface area (Å²) in [4.78, 5) is 0. The molecule has 0 aromatic heterocycles. The second-order valence-corrected chi connectivity index (χ2v) is 5.00. The molecule has 0 spiro atoms. The Bertz CT molecular complexity index is 143. The van der Waals surface area contributed by atoms with Gasteiger partial charge in [-0.3, -0.25) is 0 Å². The van der Waals surface area contributed by atoms with Gasteiger partial charge in [0, 0.05) is 0 Å². The van der Waals surface area contributed by atoms with Crippen molar-refractivity contribution in [2.75, 3.05) is 0 Å². The molecule has 0 heterocycles. The van der Waals surface area contributed by atoms with Crippen molar-refractivity contribution in [2.45, 2.75) is 63.9 Å². The second-order valence-electron chi connectivity index (χ2n) is 5.00. The van der Waals surface area contributed by atoms with Crippen molar-refractivity contribution in [3.8, 4) is 0 Å². The predicted molar refractivity (Wildman–Crippen MR) is 54.5 cm³/mol. The van der Waals surface area contributed by atoms with Gasteiger partial charge in [-0.15, -0.1) is 0 Å². The van der Waals surface area contributed by atoms with Crippen molar-refractivity contribution in [2.24, 2.45) is 11.8 Å². The zero-order valence-corrected chi connectivity index (χ0v) is 8.54. The minimum atomic E-state index is 0.0330. The minimum Gasteiger partial charge on any atom is -0.393 e. The molecule has 0 aromatic rings. The molecular weight excluding hydrogens is 160 g/mol. The van der Waals surface area contributed by atoms with E-state index in [0.29, 0.717) is 5.92 Å². The lowest BCUT2D eigenvalue weighted by Gasteiger charge is -2.20. The molecule has 1 nitrogen and oxygen atoms in total. The summed E-state index contributed by atoms with van der Waals surface area (Å²) in [6.45, 7) is 0. The van der Waals surface area contributed by atoms with Crippen LogP contribution in [0.4, 0.5) is 0 Å². The van der Waals surface area contributed by atoms with Crippen molar-refractivity contribution >= 4 is 0 Å². The highest BCUT2D eigenvalue weighted by atomic mass is 16.3. The maximum absolute atomic E-state index is 10.0. The zero-order chi connectivity index (χ0) is 9.10. The Labute approximate surface area is 81.5 Å². The van der Waals surface area contributed by atoms with Gasteiger partial charge in [-0.2, -0.15) is 0 Å². The first kappa shape index (κ1) is 9.51. The van der Waals surface area contributed by atoms with E-state index in [9.17, 15) is 5.11 Å². The highest BCUT2D eigenvalue weighted by Crippen LogP contribution is 2.34. The smallest absolute Gasteiger partial charge is 0.0571 e. The van der Waals surface area contributed by atoms with Gasteiger partial charge in [0.25, 0.3) is 0 Å². The van der Waals surface area contributed by atoms with E-state index in [1.807, 2.05) is 0 Å². The van der Waals surface area contributed by atoms with Crippen molar-refractivity contribution in [3.63, 3.8) is 0 Å². The number of aliphatic hydroxyl groups is 1. The van der Waals surface area contributed by atoms with E-state index in [1.54, 1.807) is 0 Å². The molecule has 1 N–H and O–H groups in total. The summed E-state index contributed by atoms with van der Waals surface area (Å²) in [6.07, 6.45) is 12.0. The largest absolute Gasteiger partial charge is 0.393 e. The van der Waals surface area contributed by atoms with Gasteiger partial charge >= 0.3 is 0 Å². The van der Waals surface area contributed by atoms with Crippen LogP contribution in [0.1, 0.15) is 57.8 Å². The summed E-state index contributed by atoms with van der Waals surface area (Å²) in [7, 11) is 0. The molecule has 1 unspecified atom stereocenters. The SMILES string of the molecule is OC(CC1CCCC1)C1CCCC1. The molecular formula is C12H22O. The summed E-state index contributed by atoms with van der Waals surface area (Å²) in [5, 5.41) is 10.0. The summed E-state index contributed by atoms with van der Waals surface area (Å²) >= 11 is 0. The summed E-state index contributed by atoms with van der Waals surface area (Å²) in [5.74, 6) is 1.51. The normalized spacial score (nSPS) is 28.4. The molecule has 0 bridgehead atoms. The molecule has 13 heavy (non-hydrogen) atoms. The molecule has 2 rings (SSSR count). The third-order valence-corrected chi connectivity index (χ3v) is 3.99. The van der Waals surface area contributed by atoms with Crippen molar-refractivity contribution in [1.82, 2.24) is 0 Å². The Kier molecular flexibility index (Phi) is 3.26. The van der Waals surface area contributed by atoms with Gasteiger partial charge in [-0.25, -0.2) is 0 Å². The molecule has 1 atom stereocenters. The maximum Gasteiger partial charge on any atom is 0.0571 e. The first-order chi connectivity index (χ1) is 6.36. The van der Waals surface area contributed by atoms with Gasteiger partial charge in [0.05, 0.1) is 6.10 Å². The van der Waals surface area contributed by atoms with Gasteiger partial charge < -0.3 is 5.11 Å². The average molecular weight is 182 g/mol. The van der Waals surface area contributed by atoms with Gasteiger partial charge in [-0.05, 0) is 31.1 Å². The standard InChI is InChI=1S/C12H22O/c13-12(11-7-3-4-8-11)9-10-5-1-2-6-10/h10-13H,1-9H2. The first-order valence-electron chi connectivity index (χ1n) is 6.04. The van der Waals surface area contributed by atoms with Crippen molar-refractivity contribution in [3.05, 3.63) is 0 Å². The molecule has 0 amide bonds. The van der Waals surface area contributed by atoms with E-state index < -0.39 is 0 Å². The molecule has 0 aromatic carbocycles. The van der Waals surface area contributed by atoms with E-state index in [1.165, 1.54) is 51.4 Å². The number of hydrogen-bond donors (Lipinski definition) is 1. The van der Waals surface area contributed by atoms with Gasteiger partial charge in [-0.1, -0.05) is 38.5 Å². The maximum atomic E-state index is 10.0. The lowest BCUT2D eigenvalue weighted by molar-refractivity contribution is 0.0850. The average Bonchev–Trinajstić information content (AvgIpc) is 2.74. The second kappa shape index (κ2) is 4.45. The Morgan fingerprint density at radius 1 is 0.923 bits per heavy atom. The number of aliphatic hydroxyl groups excluding tert-OH is 1. The summed E-state index contributed by atoms with van der Waals surface area (Å²) in [5.41, 5.74) is 0. The van der Waals surface area contributed by atoms with Crippen LogP contribution in [0.2, 0.25) is 0 Å². The fraction of sp³-hybridized carbons (Fsp3) is 1.00.